The van der Waals surface area contributed by atoms with Gasteiger partial charge in [-0.25, -0.2) is 0 Å². The number of aromatic nitrogens is 3. The van der Waals surface area contributed by atoms with Gasteiger partial charge < -0.3 is 5.32 Å². The third-order valence-corrected chi connectivity index (χ3v) is 2.19. The quantitative estimate of drug-likeness (QED) is 0.608. The average molecular weight is 220 g/mol. The molecular weight excluding hydrogens is 212 g/mol. The fourth-order valence-electron chi connectivity index (χ4n) is 1.25. The number of nitrogens with zero attached hydrogens (tertiary/aromatic N) is 2. The van der Waals surface area contributed by atoms with Crippen molar-refractivity contribution in [1.82, 2.24) is 14.8 Å². The highest BCUT2D eigenvalue weighted by molar-refractivity contribution is 7.71. The van der Waals surface area contributed by atoms with Crippen LogP contribution >= 0.6 is 12.2 Å². The smallest absolute Gasteiger partial charge is 0.211 e. The molecule has 0 aliphatic carbocycles. The van der Waals surface area contributed by atoms with E-state index in [1.807, 2.05) is 12.1 Å². The summed E-state index contributed by atoms with van der Waals surface area (Å²) in [5.41, 5.74) is 1.56. The molecule has 0 bridgehead atoms. The Labute approximate surface area is 90.8 Å². The Morgan fingerprint density at radius 1 is 1.53 bits per heavy atom. The van der Waals surface area contributed by atoms with E-state index in [1.165, 1.54) is 0 Å². The van der Waals surface area contributed by atoms with Crippen molar-refractivity contribution in [3.8, 4) is 5.69 Å². The third kappa shape index (κ3) is 1.94. The minimum Gasteiger partial charge on any atom is -0.329 e. The summed E-state index contributed by atoms with van der Waals surface area (Å²) in [5, 5.41) is 9.04. The van der Waals surface area contributed by atoms with Gasteiger partial charge in [-0.3, -0.25) is 14.5 Å². The van der Waals surface area contributed by atoms with Gasteiger partial charge >= 0.3 is 0 Å². The van der Waals surface area contributed by atoms with Crippen LogP contribution in [-0.2, 0) is 4.79 Å². The number of carbonyl (C=O) groups is 1. The van der Waals surface area contributed by atoms with Crippen LogP contribution in [0.5, 0.6) is 0 Å². The van der Waals surface area contributed by atoms with Gasteiger partial charge in [0.2, 0.25) is 6.41 Å². The van der Waals surface area contributed by atoms with E-state index in [0.29, 0.717) is 16.9 Å². The first-order chi connectivity index (χ1) is 7.31. The lowest BCUT2D eigenvalue weighted by Gasteiger charge is -2.03. The first kappa shape index (κ1) is 9.60. The number of hydrogen-bond acceptors (Lipinski definition) is 3. The highest BCUT2D eigenvalue weighted by atomic mass is 32.1. The summed E-state index contributed by atoms with van der Waals surface area (Å²) >= 11 is 5.03. The van der Waals surface area contributed by atoms with Crippen LogP contribution in [0.15, 0.2) is 30.6 Å². The van der Waals surface area contributed by atoms with Gasteiger partial charge in [-0.2, -0.15) is 5.10 Å². The highest BCUT2D eigenvalue weighted by Gasteiger charge is 1.99. The van der Waals surface area contributed by atoms with Gasteiger partial charge in [-0.1, -0.05) is 6.07 Å². The number of carbonyl (C=O) groups excluding carboxylic acids is 1. The number of aromatic amines is 1. The Morgan fingerprint density at radius 3 is 3.07 bits per heavy atom. The van der Waals surface area contributed by atoms with Crippen LogP contribution in [0.2, 0.25) is 0 Å². The maximum absolute atomic E-state index is 10.3. The van der Waals surface area contributed by atoms with E-state index in [0.717, 1.165) is 5.69 Å². The molecule has 76 valence electrons. The maximum atomic E-state index is 10.3. The van der Waals surface area contributed by atoms with Crippen LogP contribution in [0, 0.1) is 4.77 Å². The Balaban J connectivity index is 2.45. The van der Waals surface area contributed by atoms with Crippen LogP contribution in [-0.4, -0.2) is 21.2 Å². The van der Waals surface area contributed by atoms with Crippen molar-refractivity contribution in [3.05, 3.63) is 35.4 Å². The fourth-order valence-corrected chi connectivity index (χ4v) is 1.45. The highest BCUT2D eigenvalue weighted by Crippen LogP contribution is 2.13. The summed E-state index contributed by atoms with van der Waals surface area (Å²) in [4.78, 5) is 10.3. The third-order valence-electron chi connectivity index (χ3n) is 1.90. The number of nitrogens with one attached hydrogen (secondary N) is 2. The molecule has 0 saturated carbocycles. The molecule has 0 saturated heterocycles. The lowest BCUT2D eigenvalue weighted by Crippen LogP contribution is -1.96. The number of rotatable bonds is 3. The lowest BCUT2D eigenvalue weighted by atomic mass is 10.3. The molecule has 0 spiro atoms. The van der Waals surface area contributed by atoms with E-state index in [1.54, 1.807) is 23.0 Å². The molecule has 0 unspecified atom stereocenters. The molecule has 0 fully saturated rings. The number of benzene rings is 1. The van der Waals surface area contributed by atoms with Crippen LogP contribution in [0.4, 0.5) is 5.69 Å². The van der Waals surface area contributed by atoms with E-state index < -0.39 is 0 Å². The predicted molar refractivity (Wildman–Crippen MR) is 58.4 cm³/mol. The molecule has 0 aliphatic rings. The molecule has 2 N–H and O–H groups in total. The lowest BCUT2D eigenvalue weighted by molar-refractivity contribution is -0.105. The Morgan fingerprint density at radius 2 is 2.40 bits per heavy atom. The summed E-state index contributed by atoms with van der Waals surface area (Å²) in [6.45, 7) is 0. The van der Waals surface area contributed by atoms with Crippen LogP contribution in [0.25, 0.3) is 5.69 Å². The van der Waals surface area contributed by atoms with Crippen LogP contribution in [0.3, 0.4) is 0 Å². The zero-order valence-electron chi connectivity index (χ0n) is 7.68. The monoisotopic (exact) mass is 220 g/mol. The van der Waals surface area contributed by atoms with Gasteiger partial charge in [-0.15, -0.1) is 0 Å². The van der Waals surface area contributed by atoms with Crippen LogP contribution in [0.1, 0.15) is 0 Å². The van der Waals surface area contributed by atoms with Crippen molar-refractivity contribution >= 4 is 24.3 Å². The summed E-state index contributed by atoms with van der Waals surface area (Å²) in [7, 11) is 0. The molecule has 6 heteroatoms. The fraction of sp³-hybridized carbons (Fsp3) is 0. The van der Waals surface area contributed by atoms with Crippen molar-refractivity contribution in [2.75, 3.05) is 5.32 Å². The second-order valence-electron chi connectivity index (χ2n) is 2.84. The molecular formula is C9H8N4OS. The first-order valence-corrected chi connectivity index (χ1v) is 4.65. The minimum atomic E-state index is 0.512. The molecule has 1 aromatic heterocycles. The van der Waals surface area contributed by atoms with Crippen molar-refractivity contribution in [2.24, 2.45) is 0 Å². The molecule has 0 radical (unpaired) electrons. The Bertz CT molecular complexity index is 531. The minimum absolute atomic E-state index is 0.512. The van der Waals surface area contributed by atoms with Crippen molar-refractivity contribution < 1.29 is 4.79 Å². The maximum Gasteiger partial charge on any atom is 0.211 e. The second-order valence-corrected chi connectivity index (χ2v) is 3.23. The SMILES string of the molecule is O=CNc1cccc(-n2cn[nH]c2=S)c1. The summed E-state index contributed by atoms with van der Waals surface area (Å²) < 4.78 is 2.23. The number of hydrogen-bond donors (Lipinski definition) is 2. The van der Waals surface area contributed by atoms with E-state index in [4.69, 9.17) is 12.2 Å². The largest absolute Gasteiger partial charge is 0.329 e. The molecule has 1 amide bonds. The number of amides is 1. The van der Waals surface area contributed by atoms with Gasteiger partial charge in [0, 0.05) is 5.69 Å². The molecule has 15 heavy (non-hydrogen) atoms. The Hall–Kier alpha value is -1.95. The van der Waals surface area contributed by atoms with Crippen molar-refractivity contribution in [1.29, 1.82) is 0 Å². The molecule has 5 nitrogen and oxygen atoms in total. The summed E-state index contributed by atoms with van der Waals surface area (Å²) in [5.74, 6) is 0. The normalized spacial score (nSPS) is 9.87. The van der Waals surface area contributed by atoms with Crippen LogP contribution < -0.4 is 5.32 Å². The zero-order valence-corrected chi connectivity index (χ0v) is 8.49. The number of H-pyrrole nitrogens is 1. The molecule has 0 aliphatic heterocycles. The molecule has 2 aromatic rings. The number of anilines is 1. The van der Waals surface area contributed by atoms with Gasteiger partial charge in [0.25, 0.3) is 0 Å². The van der Waals surface area contributed by atoms with E-state index in [-0.39, 0.29) is 0 Å². The summed E-state index contributed by atoms with van der Waals surface area (Å²) in [6, 6.07) is 7.30. The van der Waals surface area contributed by atoms with Gasteiger partial charge in [0.05, 0.1) is 5.69 Å². The molecule has 2 rings (SSSR count). The van der Waals surface area contributed by atoms with Crippen molar-refractivity contribution in [3.63, 3.8) is 0 Å². The van der Waals surface area contributed by atoms with E-state index in [9.17, 15) is 4.79 Å². The van der Waals surface area contributed by atoms with Gasteiger partial charge in [0.15, 0.2) is 4.77 Å². The standard InChI is InChI=1S/C9H8N4OS/c14-6-10-7-2-1-3-8(4-7)13-5-11-12-9(13)15/h1-6H,(H,10,14)(H,12,15). The zero-order chi connectivity index (χ0) is 10.7. The molecule has 1 heterocycles. The van der Waals surface area contributed by atoms with Gasteiger partial charge in [0.1, 0.15) is 6.33 Å². The Kier molecular flexibility index (Phi) is 2.59. The molecule has 1 aromatic carbocycles. The summed E-state index contributed by atoms with van der Waals surface area (Å²) in [6.07, 6.45) is 2.22. The van der Waals surface area contributed by atoms with E-state index in [2.05, 4.69) is 15.5 Å². The topological polar surface area (TPSA) is 62.7 Å². The van der Waals surface area contributed by atoms with Gasteiger partial charge in [-0.05, 0) is 30.4 Å². The molecule has 0 atom stereocenters. The predicted octanol–water partition coefficient (Wildman–Crippen LogP) is 1.50. The first-order valence-electron chi connectivity index (χ1n) is 4.24. The second kappa shape index (κ2) is 4.05. The average Bonchev–Trinajstić information content (AvgIpc) is 2.65. The van der Waals surface area contributed by atoms with Crippen molar-refractivity contribution in [2.45, 2.75) is 0 Å². The van der Waals surface area contributed by atoms with E-state index >= 15 is 0 Å².